The molecular formula is C22H23N5O3. The highest BCUT2D eigenvalue weighted by atomic mass is 16.5. The van der Waals surface area contributed by atoms with Gasteiger partial charge in [-0.2, -0.15) is 5.10 Å². The molecule has 2 aromatic heterocycles. The lowest BCUT2D eigenvalue weighted by Crippen LogP contribution is -2.18. The molecule has 0 saturated heterocycles. The first-order chi connectivity index (χ1) is 14.6. The van der Waals surface area contributed by atoms with Crippen molar-refractivity contribution in [2.24, 2.45) is 0 Å². The number of anilines is 1. The van der Waals surface area contributed by atoms with Crippen molar-refractivity contribution < 1.29 is 14.3 Å². The van der Waals surface area contributed by atoms with Crippen molar-refractivity contribution in [2.75, 3.05) is 11.9 Å². The van der Waals surface area contributed by atoms with Gasteiger partial charge in [-0.25, -0.2) is 14.6 Å². The lowest BCUT2D eigenvalue weighted by molar-refractivity contribution is -0.116. The summed E-state index contributed by atoms with van der Waals surface area (Å²) in [4.78, 5) is 21.5. The van der Waals surface area contributed by atoms with Gasteiger partial charge in [0.25, 0.3) is 0 Å². The van der Waals surface area contributed by atoms with Gasteiger partial charge in [-0.05, 0) is 38.1 Å². The van der Waals surface area contributed by atoms with Gasteiger partial charge in [-0.3, -0.25) is 4.79 Å². The quantitative estimate of drug-likeness (QED) is 0.645. The number of para-hydroxylation sites is 1. The molecule has 8 heteroatoms. The molecule has 0 aliphatic carbocycles. The fourth-order valence-electron chi connectivity index (χ4n) is 3.16. The Kier molecular flexibility index (Phi) is 5.74. The topological polar surface area (TPSA) is 91.2 Å². The second-order valence-corrected chi connectivity index (χ2v) is 7.00. The second kappa shape index (κ2) is 8.77. The molecule has 4 rings (SSSR count). The molecule has 0 radical (unpaired) electrons. The van der Waals surface area contributed by atoms with Gasteiger partial charge in [0, 0.05) is 18.2 Å². The molecule has 3 aromatic rings. The normalized spacial score (nSPS) is 15.1. The first kappa shape index (κ1) is 19.6. The minimum absolute atomic E-state index is 0.194. The summed E-state index contributed by atoms with van der Waals surface area (Å²) in [7, 11) is 0. The van der Waals surface area contributed by atoms with Crippen LogP contribution < -0.4 is 10.1 Å². The molecule has 154 valence electrons. The van der Waals surface area contributed by atoms with Crippen LogP contribution in [-0.4, -0.2) is 32.3 Å². The Hall–Kier alpha value is -3.68. The Labute approximate surface area is 174 Å². The summed E-state index contributed by atoms with van der Waals surface area (Å²) < 4.78 is 12.9. The third-order valence-electron chi connectivity index (χ3n) is 4.54. The Balaban J connectivity index is 1.49. The van der Waals surface area contributed by atoms with E-state index in [0.29, 0.717) is 23.9 Å². The fourth-order valence-corrected chi connectivity index (χ4v) is 3.16. The number of amides is 1. The van der Waals surface area contributed by atoms with Gasteiger partial charge >= 0.3 is 0 Å². The van der Waals surface area contributed by atoms with Crippen LogP contribution in [0.4, 0.5) is 5.82 Å². The first-order valence-corrected chi connectivity index (χ1v) is 9.79. The Morgan fingerprint density at radius 2 is 2.07 bits per heavy atom. The summed E-state index contributed by atoms with van der Waals surface area (Å²) in [6, 6.07) is 13.1. The summed E-state index contributed by atoms with van der Waals surface area (Å²) in [6.07, 6.45) is 4.16. The van der Waals surface area contributed by atoms with Crippen LogP contribution in [0.5, 0.6) is 5.75 Å². The highest BCUT2D eigenvalue weighted by Gasteiger charge is 2.21. The number of aromatic nitrogens is 4. The Morgan fingerprint density at radius 3 is 2.77 bits per heavy atom. The summed E-state index contributed by atoms with van der Waals surface area (Å²) in [5, 5.41) is 7.33. The van der Waals surface area contributed by atoms with Crippen LogP contribution in [0, 0.1) is 13.8 Å². The van der Waals surface area contributed by atoms with Crippen LogP contribution in [0.2, 0.25) is 0 Å². The maximum absolute atomic E-state index is 12.4. The van der Waals surface area contributed by atoms with Crippen molar-refractivity contribution in [3.63, 3.8) is 0 Å². The zero-order chi connectivity index (χ0) is 20.9. The van der Waals surface area contributed by atoms with Crippen LogP contribution in [0.3, 0.4) is 0 Å². The number of aryl methyl sites for hydroxylation is 2. The van der Waals surface area contributed by atoms with Crippen LogP contribution in [0.25, 0.3) is 5.82 Å². The molecule has 1 aromatic carbocycles. The van der Waals surface area contributed by atoms with Crippen LogP contribution in [0.15, 0.2) is 54.8 Å². The second-order valence-electron chi connectivity index (χ2n) is 7.00. The first-order valence-electron chi connectivity index (χ1n) is 9.79. The zero-order valence-electron chi connectivity index (χ0n) is 16.9. The van der Waals surface area contributed by atoms with Crippen molar-refractivity contribution >= 4 is 11.7 Å². The van der Waals surface area contributed by atoms with E-state index in [1.54, 1.807) is 17.0 Å². The van der Waals surface area contributed by atoms with Crippen LogP contribution in [0.1, 0.15) is 36.2 Å². The predicted molar refractivity (Wildman–Crippen MR) is 111 cm³/mol. The standard InChI is InChI=1S/C22H23N5O3/c1-15-13-16(2)27(26-15)20-14-19(24-22(25-20)18-9-6-11-30-18)23-21(28)10-12-29-17-7-4-3-5-8-17/h3-8,11,13-14,18H,9-10,12H2,1-2H3,(H,23,24,25,28). The van der Waals surface area contributed by atoms with Crippen molar-refractivity contribution in [2.45, 2.75) is 32.8 Å². The van der Waals surface area contributed by atoms with Gasteiger partial charge in [0.15, 0.2) is 17.7 Å². The molecule has 1 N–H and O–H groups in total. The third kappa shape index (κ3) is 4.65. The average molecular weight is 405 g/mol. The monoisotopic (exact) mass is 405 g/mol. The molecule has 3 heterocycles. The van der Waals surface area contributed by atoms with E-state index in [4.69, 9.17) is 9.47 Å². The Bertz CT molecular complexity index is 1050. The number of ether oxygens (including phenoxy) is 2. The number of hydrogen-bond donors (Lipinski definition) is 1. The summed E-state index contributed by atoms with van der Waals surface area (Å²) in [5.41, 5.74) is 1.83. The van der Waals surface area contributed by atoms with E-state index in [0.717, 1.165) is 17.1 Å². The van der Waals surface area contributed by atoms with Crippen molar-refractivity contribution in [3.05, 3.63) is 72.0 Å². The molecule has 1 amide bonds. The number of hydrogen-bond acceptors (Lipinski definition) is 6. The minimum atomic E-state index is -0.279. The fraction of sp³-hybridized carbons (Fsp3) is 0.273. The largest absolute Gasteiger partial charge is 0.493 e. The highest BCUT2D eigenvalue weighted by Crippen LogP contribution is 2.26. The predicted octanol–water partition coefficient (Wildman–Crippen LogP) is 3.66. The molecule has 1 atom stereocenters. The van der Waals surface area contributed by atoms with E-state index in [1.165, 1.54) is 0 Å². The Morgan fingerprint density at radius 1 is 1.23 bits per heavy atom. The van der Waals surface area contributed by atoms with Crippen molar-refractivity contribution in [3.8, 4) is 11.6 Å². The molecule has 8 nitrogen and oxygen atoms in total. The van der Waals surface area contributed by atoms with Crippen molar-refractivity contribution in [1.29, 1.82) is 0 Å². The minimum Gasteiger partial charge on any atom is -0.493 e. The SMILES string of the molecule is Cc1cc(C)n(-c2cc(NC(=O)CCOc3ccccc3)nc(C3CC=CO3)n2)n1. The molecule has 1 unspecified atom stereocenters. The number of benzene rings is 1. The van der Waals surface area contributed by atoms with E-state index < -0.39 is 0 Å². The van der Waals surface area contributed by atoms with Crippen molar-refractivity contribution in [1.82, 2.24) is 19.7 Å². The molecule has 30 heavy (non-hydrogen) atoms. The lowest BCUT2D eigenvalue weighted by atomic mass is 10.2. The molecule has 0 fully saturated rings. The third-order valence-corrected chi connectivity index (χ3v) is 4.54. The molecular weight excluding hydrogens is 382 g/mol. The number of carbonyl (C=O) groups excluding carboxylic acids is 1. The maximum atomic E-state index is 12.4. The van der Waals surface area contributed by atoms with Gasteiger partial charge in [0.1, 0.15) is 11.6 Å². The summed E-state index contributed by atoms with van der Waals surface area (Å²) >= 11 is 0. The molecule has 0 saturated carbocycles. The van der Waals surface area contributed by atoms with E-state index in [9.17, 15) is 4.79 Å². The van der Waals surface area contributed by atoms with E-state index in [1.807, 2.05) is 56.3 Å². The number of nitrogens with one attached hydrogen (secondary N) is 1. The number of rotatable bonds is 7. The summed E-state index contributed by atoms with van der Waals surface area (Å²) in [6.45, 7) is 4.15. The average Bonchev–Trinajstić information content (AvgIpc) is 3.38. The zero-order valence-corrected chi connectivity index (χ0v) is 16.9. The number of nitrogens with zero attached hydrogens (tertiary/aromatic N) is 4. The van der Waals surface area contributed by atoms with Gasteiger partial charge in [-0.1, -0.05) is 18.2 Å². The molecule has 1 aliphatic rings. The highest BCUT2D eigenvalue weighted by molar-refractivity contribution is 5.90. The maximum Gasteiger partial charge on any atom is 0.228 e. The van der Waals surface area contributed by atoms with E-state index in [-0.39, 0.29) is 25.0 Å². The lowest BCUT2D eigenvalue weighted by Gasteiger charge is -2.14. The molecule has 0 spiro atoms. The van der Waals surface area contributed by atoms with Gasteiger partial charge in [-0.15, -0.1) is 0 Å². The van der Waals surface area contributed by atoms with Gasteiger partial charge < -0.3 is 14.8 Å². The van der Waals surface area contributed by atoms with Gasteiger partial charge in [0.2, 0.25) is 5.91 Å². The van der Waals surface area contributed by atoms with Crippen LogP contribution >= 0.6 is 0 Å². The van der Waals surface area contributed by atoms with Crippen LogP contribution in [-0.2, 0) is 9.53 Å². The molecule has 1 aliphatic heterocycles. The molecule has 0 bridgehead atoms. The summed E-state index contributed by atoms with van der Waals surface area (Å²) in [5.74, 6) is 2.02. The smallest absolute Gasteiger partial charge is 0.228 e. The number of carbonyl (C=O) groups is 1. The van der Waals surface area contributed by atoms with Gasteiger partial charge in [0.05, 0.1) is 25.0 Å². The van der Waals surface area contributed by atoms with E-state index >= 15 is 0 Å². The van der Waals surface area contributed by atoms with E-state index in [2.05, 4.69) is 20.4 Å².